The average molecular weight is 1130 g/mol. The monoisotopic (exact) mass is 1130 g/mol. The Bertz CT molecular complexity index is 2870. The molecule has 0 radical (unpaired) electrons. The SMILES string of the molecule is Cc1ccc(C(C)C)c(OP(Oc2cc(C)ccc2C(C)C)Oc2ccc(C(C)(C)CC(C)(C)C)cc2S(=O)(=O)c2cc(C(C)(C)CC(C)(C)C)ccc2OP(Oc2cc(C)ccc2C(C)C)Oc2cc(C)ccc2C(C)C)c1. The van der Waals surface area contributed by atoms with E-state index in [0.29, 0.717) is 23.0 Å². The molecule has 0 atom stereocenters. The summed E-state index contributed by atoms with van der Waals surface area (Å²) in [6.07, 6.45) is 1.54. The molecule has 11 heteroatoms. The summed E-state index contributed by atoms with van der Waals surface area (Å²) in [4.78, 5) is -0.0895. The Balaban J connectivity index is 1.65. The highest BCUT2D eigenvalue weighted by molar-refractivity contribution is 7.91. The Morgan fingerprint density at radius 3 is 0.823 bits per heavy atom. The smallest absolute Gasteiger partial charge is 0.408 e. The second kappa shape index (κ2) is 25.0. The van der Waals surface area contributed by atoms with Gasteiger partial charge in [-0.1, -0.05) is 185 Å². The first-order valence-electron chi connectivity index (χ1n) is 28.2. The molecule has 0 unspecified atom stereocenters. The average Bonchev–Trinajstić information content (AvgIpc) is 3.30. The van der Waals surface area contributed by atoms with E-state index in [-0.39, 0.29) is 55.8 Å². The summed E-state index contributed by atoms with van der Waals surface area (Å²) in [5.41, 5.74) is 8.48. The molecule has 0 amide bonds. The first kappa shape index (κ1) is 63.1. The van der Waals surface area contributed by atoms with Gasteiger partial charge in [0.15, 0.2) is 0 Å². The summed E-state index contributed by atoms with van der Waals surface area (Å²) in [6.45, 7) is 46.9. The van der Waals surface area contributed by atoms with Crippen molar-refractivity contribution in [1.29, 1.82) is 0 Å². The van der Waals surface area contributed by atoms with Crippen LogP contribution in [0.4, 0.5) is 0 Å². The fraction of sp³-hybridized carbons (Fsp3) is 0.471. The second-order valence-corrected chi connectivity index (χ2v) is 30.7. The molecule has 0 fully saturated rings. The van der Waals surface area contributed by atoms with Crippen LogP contribution in [0.5, 0.6) is 34.5 Å². The summed E-state index contributed by atoms with van der Waals surface area (Å²) in [5, 5.41) is 0. The van der Waals surface area contributed by atoms with E-state index in [1.54, 1.807) is 24.3 Å². The lowest BCUT2D eigenvalue weighted by Gasteiger charge is -2.34. The van der Waals surface area contributed by atoms with Crippen molar-refractivity contribution in [3.63, 3.8) is 0 Å². The summed E-state index contributed by atoms with van der Waals surface area (Å²) in [6, 6.07) is 35.6. The predicted octanol–water partition coefficient (Wildman–Crippen LogP) is 21.2. The van der Waals surface area contributed by atoms with Gasteiger partial charge in [-0.05, 0) is 190 Å². The number of rotatable bonds is 22. The summed E-state index contributed by atoms with van der Waals surface area (Å²) >= 11 is 0. The van der Waals surface area contributed by atoms with Gasteiger partial charge < -0.3 is 27.1 Å². The molecule has 0 aliphatic heterocycles. The summed E-state index contributed by atoms with van der Waals surface area (Å²) < 4.78 is 75.2. The maximum Gasteiger partial charge on any atom is 0.530 e. The van der Waals surface area contributed by atoms with Crippen LogP contribution in [-0.4, -0.2) is 8.42 Å². The number of aryl methyl sites for hydroxylation is 4. The zero-order valence-electron chi connectivity index (χ0n) is 51.7. The number of hydrogen-bond acceptors (Lipinski definition) is 8. The van der Waals surface area contributed by atoms with Gasteiger partial charge in [0.05, 0.1) is 0 Å². The Hall–Kier alpha value is -5.07. The third kappa shape index (κ3) is 16.5. The van der Waals surface area contributed by atoms with Gasteiger partial charge in [-0.25, -0.2) is 8.42 Å². The molecule has 428 valence electrons. The van der Waals surface area contributed by atoms with Crippen molar-refractivity contribution in [3.05, 3.63) is 165 Å². The maximum absolute atomic E-state index is 16.6. The molecule has 0 aliphatic rings. The van der Waals surface area contributed by atoms with Crippen molar-refractivity contribution in [1.82, 2.24) is 0 Å². The minimum atomic E-state index is -4.60. The number of sulfone groups is 1. The van der Waals surface area contributed by atoms with E-state index < -0.39 is 37.9 Å². The highest BCUT2D eigenvalue weighted by Crippen LogP contribution is 2.53. The van der Waals surface area contributed by atoms with Gasteiger partial charge in [0.1, 0.15) is 44.3 Å². The Morgan fingerprint density at radius 2 is 0.595 bits per heavy atom. The molecule has 0 N–H and O–H groups in total. The summed E-state index contributed by atoms with van der Waals surface area (Å²) in [7, 11) is -9.33. The van der Waals surface area contributed by atoms with Gasteiger partial charge >= 0.3 is 17.2 Å². The quantitative estimate of drug-likeness (QED) is 0.0621. The van der Waals surface area contributed by atoms with Crippen LogP contribution in [0.1, 0.15) is 217 Å². The van der Waals surface area contributed by atoms with Crippen molar-refractivity contribution >= 4 is 27.0 Å². The van der Waals surface area contributed by atoms with E-state index in [2.05, 4.69) is 173 Å². The van der Waals surface area contributed by atoms with E-state index in [4.69, 9.17) is 27.1 Å². The topological polar surface area (TPSA) is 89.5 Å². The molecule has 0 heterocycles. The van der Waals surface area contributed by atoms with Crippen LogP contribution >= 0.6 is 17.2 Å². The van der Waals surface area contributed by atoms with E-state index in [0.717, 1.165) is 68.5 Å². The third-order valence-corrected chi connectivity index (χ3v) is 18.0. The van der Waals surface area contributed by atoms with Gasteiger partial charge in [0, 0.05) is 0 Å². The van der Waals surface area contributed by atoms with Crippen molar-refractivity contribution in [3.8, 4) is 34.5 Å². The van der Waals surface area contributed by atoms with Crippen molar-refractivity contribution in [2.45, 2.75) is 209 Å². The molecule has 8 nitrogen and oxygen atoms in total. The van der Waals surface area contributed by atoms with E-state index in [1.807, 2.05) is 64.1 Å². The van der Waals surface area contributed by atoms with Crippen LogP contribution in [0.15, 0.2) is 119 Å². The Kier molecular flexibility index (Phi) is 19.9. The molecule has 0 spiro atoms. The fourth-order valence-electron chi connectivity index (χ4n) is 10.8. The molecule has 6 aromatic rings. The highest BCUT2D eigenvalue weighted by Gasteiger charge is 2.38. The second-order valence-electron chi connectivity index (χ2n) is 26.8. The van der Waals surface area contributed by atoms with E-state index >= 15 is 8.42 Å². The van der Waals surface area contributed by atoms with Crippen LogP contribution in [0.2, 0.25) is 0 Å². The minimum absolute atomic E-state index is 0.0447. The molecular weight excluding hydrogens is 1040 g/mol. The van der Waals surface area contributed by atoms with E-state index in [9.17, 15) is 0 Å². The zero-order valence-corrected chi connectivity index (χ0v) is 54.3. The Labute approximate surface area is 479 Å². The van der Waals surface area contributed by atoms with Crippen LogP contribution in [0.3, 0.4) is 0 Å². The molecule has 0 bridgehead atoms. The van der Waals surface area contributed by atoms with Gasteiger partial charge in [0.2, 0.25) is 9.84 Å². The fourth-order valence-corrected chi connectivity index (χ4v) is 14.6. The zero-order chi connectivity index (χ0) is 58.7. The number of benzene rings is 6. The maximum atomic E-state index is 16.6. The highest BCUT2D eigenvalue weighted by atomic mass is 32.2. The molecule has 0 aliphatic carbocycles. The summed E-state index contributed by atoms with van der Waals surface area (Å²) in [5.74, 6) is 3.02. The third-order valence-electron chi connectivity index (χ3n) is 14.2. The van der Waals surface area contributed by atoms with Crippen molar-refractivity contribution in [2.24, 2.45) is 10.8 Å². The normalized spacial score (nSPS) is 12.8. The minimum Gasteiger partial charge on any atom is -0.408 e. The number of hydrogen-bond donors (Lipinski definition) is 0. The molecule has 0 saturated heterocycles. The lowest BCUT2D eigenvalue weighted by Crippen LogP contribution is -2.25. The van der Waals surface area contributed by atoms with Crippen LogP contribution < -0.4 is 27.1 Å². The molecular formula is C68H92O8P2S. The standard InChI is InChI=1S/C68H92O8P2S/c1-43(2)53-29-23-47(9)35-59(53)73-77(74-60-36-48(10)24-30-54(60)44(3)4)71-57-33-27-51(67(19,20)41-65(13,14)15)39-63(57)79(69,70)64-40-52(68(21,22)42-66(16,17)18)28-34-58(64)72-78(75-61-37-49(11)25-31-55(61)45(5)6)76-62-38-50(12)26-32-56(62)46(7)8/h23-40,43-46H,41-42H2,1-22H3. The van der Waals surface area contributed by atoms with Gasteiger partial charge in [-0.15, -0.1) is 0 Å². The van der Waals surface area contributed by atoms with Crippen molar-refractivity contribution in [2.75, 3.05) is 0 Å². The molecule has 79 heavy (non-hydrogen) atoms. The van der Waals surface area contributed by atoms with Crippen LogP contribution in [-0.2, 0) is 20.7 Å². The lowest BCUT2D eigenvalue weighted by atomic mass is 9.72. The van der Waals surface area contributed by atoms with E-state index in [1.165, 1.54) is 0 Å². The predicted molar refractivity (Wildman–Crippen MR) is 331 cm³/mol. The lowest BCUT2D eigenvalue weighted by molar-refractivity contribution is 0.283. The molecule has 6 rings (SSSR count). The molecule has 0 aromatic heterocycles. The molecule has 6 aromatic carbocycles. The van der Waals surface area contributed by atoms with Gasteiger partial charge in [-0.3, -0.25) is 0 Å². The Morgan fingerprint density at radius 1 is 0.354 bits per heavy atom. The van der Waals surface area contributed by atoms with Crippen molar-refractivity contribution < 1.29 is 35.6 Å². The first-order valence-corrected chi connectivity index (χ1v) is 31.9. The van der Waals surface area contributed by atoms with Crippen LogP contribution in [0.25, 0.3) is 0 Å². The largest absolute Gasteiger partial charge is 0.530 e. The van der Waals surface area contributed by atoms with Gasteiger partial charge in [0.25, 0.3) is 0 Å². The molecule has 0 saturated carbocycles. The van der Waals surface area contributed by atoms with Crippen LogP contribution in [0, 0.1) is 38.5 Å². The van der Waals surface area contributed by atoms with Gasteiger partial charge in [-0.2, -0.15) is 0 Å². The first-order chi connectivity index (χ1) is 36.5.